The first kappa shape index (κ1) is 69.3. The van der Waals surface area contributed by atoms with Gasteiger partial charge in [-0.05, 0) is 25.7 Å². The van der Waals surface area contributed by atoms with Gasteiger partial charge in [0.15, 0.2) is 0 Å². The average molecular weight is 1130 g/mol. The Morgan fingerprint density at radius 1 is 0.266 bits per heavy atom. The van der Waals surface area contributed by atoms with Gasteiger partial charge in [-0.2, -0.15) is 74.5 Å². The summed E-state index contributed by atoms with van der Waals surface area (Å²) in [5.41, 5.74) is 0.158. The lowest BCUT2D eigenvalue weighted by atomic mass is 9.13. The molecule has 0 aliphatic rings. The smallest absolute Gasteiger partial charge is 0.355 e. The van der Waals surface area contributed by atoms with Crippen LogP contribution in [-0.4, -0.2) is 12.2 Å². The number of rotatable bonds is 38. The van der Waals surface area contributed by atoms with Gasteiger partial charge in [-0.25, -0.2) is 0 Å². The second-order valence-corrected chi connectivity index (χ2v) is 22.4. The maximum Gasteiger partial charge on any atom is 0.416 e. The van der Waals surface area contributed by atoms with E-state index in [1.165, 1.54) is 218 Å². The topological polar surface area (TPSA) is 27.6 Å². The molecular formula is C65H94BF12N. The van der Waals surface area contributed by atoms with E-state index in [4.69, 9.17) is 0 Å². The van der Waals surface area contributed by atoms with Crippen molar-refractivity contribution >= 4 is 28.0 Å². The average Bonchev–Trinajstić information content (AvgIpc) is 3.47. The highest BCUT2D eigenvalue weighted by Gasteiger charge is 2.38. The predicted octanol–water partition coefficient (Wildman–Crippen LogP) is 20.0. The SMILES string of the molecule is CCCCCCCCCCCCCCCCCCC([NH3+])CCCCCCCCCCCCCCCCCC.FC(F)(F)c1ccc([B-](c2ccc(C(F)(F)F)cc2)(c2ccc(C(F)(F)F)cc2)c2ccc(C(F)(F)F)cc2)cc1. The third-order valence-corrected chi connectivity index (χ3v) is 15.9. The minimum Gasteiger partial charge on any atom is -0.355 e. The van der Waals surface area contributed by atoms with Gasteiger partial charge in [0.25, 0.3) is 0 Å². The van der Waals surface area contributed by atoms with Crippen LogP contribution in [0.5, 0.6) is 0 Å². The summed E-state index contributed by atoms with van der Waals surface area (Å²) in [5.74, 6) is 0. The van der Waals surface area contributed by atoms with Gasteiger partial charge in [0, 0.05) is 0 Å². The van der Waals surface area contributed by atoms with Crippen LogP contribution in [-0.2, 0) is 24.7 Å². The molecular weight excluding hydrogens is 1030 g/mol. The zero-order valence-corrected chi connectivity index (χ0v) is 47.7. The van der Waals surface area contributed by atoms with Gasteiger partial charge >= 0.3 is 24.7 Å². The Kier molecular flexibility index (Phi) is 32.7. The van der Waals surface area contributed by atoms with E-state index in [0.717, 1.165) is 48.5 Å². The summed E-state index contributed by atoms with van der Waals surface area (Å²) in [6.45, 7) is 4.61. The molecule has 4 aromatic carbocycles. The molecule has 0 atom stereocenters. The first-order chi connectivity index (χ1) is 37.6. The zero-order valence-electron chi connectivity index (χ0n) is 47.7. The lowest BCUT2D eigenvalue weighted by molar-refractivity contribution is -0.423. The van der Waals surface area contributed by atoms with Crippen LogP contribution in [0.4, 0.5) is 52.7 Å². The van der Waals surface area contributed by atoms with Crippen LogP contribution < -0.4 is 27.6 Å². The summed E-state index contributed by atoms with van der Waals surface area (Å²) < 4.78 is 160. The Bertz CT molecular complexity index is 1860. The molecule has 79 heavy (non-hydrogen) atoms. The maximum atomic E-state index is 13.3. The normalized spacial score (nSPS) is 12.6. The molecule has 446 valence electrons. The van der Waals surface area contributed by atoms with Crippen LogP contribution in [0, 0.1) is 0 Å². The monoisotopic (exact) mass is 1130 g/mol. The van der Waals surface area contributed by atoms with Crippen molar-refractivity contribution in [3.05, 3.63) is 119 Å². The first-order valence-corrected chi connectivity index (χ1v) is 30.3. The van der Waals surface area contributed by atoms with Crippen LogP contribution in [0.25, 0.3) is 0 Å². The van der Waals surface area contributed by atoms with Crippen molar-refractivity contribution in [2.24, 2.45) is 0 Å². The molecule has 0 aliphatic heterocycles. The van der Waals surface area contributed by atoms with Crippen LogP contribution in [0.15, 0.2) is 97.1 Å². The summed E-state index contributed by atoms with van der Waals surface area (Å²) in [6, 6.07) is 14.3. The molecule has 0 aliphatic carbocycles. The molecule has 0 aromatic heterocycles. The van der Waals surface area contributed by atoms with Crippen molar-refractivity contribution in [2.45, 2.75) is 263 Å². The fraction of sp³-hybridized carbons (Fsp3) is 0.631. The van der Waals surface area contributed by atoms with Crippen molar-refractivity contribution in [3.63, 3.8) is 0 Å². The van der Waals surface area contributed by atoms with Gasteiger partial charge < -0.3 is 5.73 Å². The molecule has 3 N–H and O–H groups in total. The van der Waals surface area contributed by atoms with E-state index in [2.05, 4.69) is 19.6 Å². The minimum atomic E-state index is -4.77. The molecule has 0 radical (unpaired) electrons. The molecule has 0 heterocycles. The lowest BCUT2D eigenvalue weighted by Crippen LogP contribution is -2.74. The fourth-order valence-electron chi connectivity index (χ4n) is 11.1. The number of hydrogen-bond donors (Lipinski definition) is 1. The predicted molar refractivity (Wildman–Crippen MR) is 305 cm³/mol. The van der Waals surface area contributed by atoms with Crippen molar-refractivity contribution in [1.29, 1.82) is 0 Å². The van der Waals surface area contributed by atoms with E-state index in [1.54, 1.807) is 0 Å². The second kappa shape index (κ2) is 37.2. The molecule has 14 heteroatoms. The Morgan fingerprint density at radius 2 is 0.418 bits per heavy atom. The Hall–Kier alpha value is -3.94. The summed E-state index contributed by atoms with van der Waals surface area (Å²) in [5, 5.41) is 0. The Morgan fingerprint density at radius 3 is 0.570 bits per heavy atom. The van der Waals surface area contributed by atoms with E-state index in [0.29, 0.717) is 54.6 Å². The molecule has 0 spiro atoms. The Balaban J connectivity index is 0.000000417. The van der Waals surface area contributed by atoms with Crippen LogP contribution in [0.2, 0.25) is 0 Å². The number of benzene rings is 4. The van der Waals surface area contributed by atoms with Gasteiger partial charge in [0.1, 0.15) is 6.15 Å². The highest BCUT2D eigenvalue weighted by Crippen LogP contribution is 2.33. The minimum absolute atomic E-state index is 0.0114. The molecule has 4 rings (SSSR count). The van der Waals surface area contributed by atoms with Crippen molar-refractivity contribution in [2.75, 3.05) is 0 Å². The van der Waals surface area contributed by atoms with Crippen molar-refractivity contribution < 1.29 is 58.4 Å². The number of alkyl halides is 12. The van der Waals surface area contributed by atoms with Crippen molar-refractivity contribution in [1.82, 2.24) is 0 Å². The van der Waals surface area contributed by atoms with E-state index in [-0.39, 0.29) is 21.9 Å². The van der Waals surface area contributed by atoms with E-state index in [1.807, 2.05) is 0 Å². The molecule has 0 saturated heterocycles. The van der Waals surface area contributed by atoms with Gasteiger partial charge in [-0.1, -0.05) is 304 Å². The van der Waals surface area contributed by atoms with E-state index >= 15 is 0 Å². The third-order valence-electron chi connectivity index (χ3n) is 15.9. The van der Waals surface area contributed by atoms with E-state index in [9.17, 15) is 52.7 Å². The highest BCUT2D eigenvalue weighted by atomic mass is 19.4. The summed E-state index contributed by atoms with van der Waals surface area (Å²) in [6.07, 6.45) is 27.6. The van der Waals surface area contributed by atoms with Gasteiger partial charge in [-0.15, -0.1) is 0 Å². The number of unbranched alkanes of at least 4 members (excludes halogenated alkanes) is 30. The molecule has 0 bridgehead atoms. The molecule has 4 aromatic rings. The largest absolute Gasteiger partial charge is 0.416 e. The highest BCUT2D eigenvalue weighted by molar-refractivity contribution is 7.19. The van der Waals surface area contributed by atoms with Crippen LogP contribution in [0.1, 0.15) is 254 Å². The van der Waals surface area contributed by atoms with Gasteiger partial charge in [0.05, 0.1) is 28.3 Å². The number of halogens is 12. The van der Waals surface area contributed by atoms with Crippen molar-refractivity contribution in [3.8, 4) is 0 Å². The molecule has 0 amide bonds. The van der Waals surface area contributed by atoms with Gasteiger partial charge in [-0.3, -0.25) is 0 Å². The lowest BCUT2D eigenvalue weighted by Gasteiger charge is -2.44. The quantitative estimate of drug-likeness (QED) is 0.0263. The van der Waals surface area contributed by atoms with Gasteiger partial charge in [0.2, 0.25) is 0 Å². The Labute approximate surface area is 467 Å². The molecule has 0 saturated carbocycles. The zero-order chi connectivity index (χ0) is 58.1. The fourth-order valence-corrected chi connectivity index (χ4v) is 11.1. The summed E-state index contributed by atoms with van der Waals surface area (Å²) in [7, 11) is 0. The first-order valence-electron chi connectivity index (χ1n) is 30.3. The van der Waals surface area contributed by atoms with Crippen LogP contribution >= 0.6 is 0 Å². The second-order valence-electron chi connectivity index (χ2n) is 22.4. The van der Waals surface area contributed by atoms with E-state index < -0.39 is 53.1 Å². The standard InChI is InChI=1S/C37H77N.C28H16BF12/c1-3-5-7-9-11-13-15-17-19-21-23-25-27-29-31-33-35-37(38)36-34-32-30-28-26-24-22-20-18-16-14-12-10-8-6-4-2;30-25(31,32)17-1-9-21(10-2-17)29(22-11-3-18(4-12-22)26(33,34)35,23-13-5-19(6-14-23)27(36,37)38)24-15-7-20(8-16-24)28(39,40)41/h37H,3-36,38H2,1-2H3;1-16H/q;-1/p+1. The molecule has 0 unspecified atom stereocenters. The summed E-state index contributed by atoms with van der Waals surface area (Å²) in [4.78, 5) is 0. The molecule has 1 nitrogen and oxygen atoms in total. The third kappa shape index (κ3) is 26.7. The number of quaternary nitrogens is 1. The summed E-state index contributed by atoms with van der Waals surface area (Å²) >= 11 is 0. The van der Waals surface area contributed by atoms with Crippen LogP contribution in [0.3, 0.4) is 0 Å². The molecule has 0 fully saturated rings. The number of hydrogen-bond acceptors (Lipinski definition) is 0. The maximum absolute atomic E-state index is 13.3.